The molecule has 0 unspecified atom stereocenters. The third kappa shape index (κ3) is 7.57. The summed E-state index contributed by atoms with van der Waals surface area (Å²) in [5, 5.41) is 8.29. The Morgan fingerprint density at radius 3 is 2.31 bits per heavy atom. The average molecular weight is 219 g/mol. The fourth-order valence-corrected chi connectivity index (χ4v) is 0.831. The Kier molecular flexibility index (Phi) is 8.62. The molecule has 0 aliphatic carbocycles. The zero-order valence-electron chi connectivity index (χ0n) is 9.77. The van der Waals surface area contributed by atoms with E-state index in [1.807, 2.05) is 31.2 Å². The van der Waals surface area contributed by atoms with Gasteiger partial charge >= 0.3 is 5.97 Å². The van der Waals surface area contributed by atoms with Gasteiger partial charge in [-0.3, -0.25) is 4.79 Å². The molecule has 0 fully saturated rings. The molecule has 0 saturated carbocycles. The van der Waals surface area contributed by atoms with Crippen LogP contribution in [0.4, 0.5) is 0 Å². The van der Waals surface area contributed by atoms with Crippen LogP contribution < -0.4 is 0 Å². The summed E-state index contributed by atoms with van der Waals surface area (Å²) in [5.41, 5.74) is 0.715. The average Bonchev–Trinajstić information content (AvgIpc) is 2.37. The fraction of sp³-hybridized carbons (Fsp3) is 0.385. The first-order valence-corrected chi connectivity index (χ1v) is 5.35. The summed E-state index contributed by atoms with van der Waals surface area (Å²) >= 11 is 0. The van der Waals surface area contributed by atoms with Gasteiger partial charge in [-0.1, -0.05) is 32.0 Å². The molecule has 0 atom stereocenters. The second-order valence-corrected chi connectivity index (χ2v) is 3.05. The van der Waals surface area contributed by atoms with Crippen molar-refractivity contribution in [1.82, 2.24) is 0 Å². The third-order valence-electron chi connectivity index (χ3n) is 1.66. The van der Waals surface area contributed by atoms with Crippen LogP contribution in [-0.4, -0.2) is 12.6 Å². The largest absolute Gasteiger partial charge is 0.466 e. The molecular formula is C13H17NO2. The molecule has 0 heterocycles. The highest BCUT2D eigenvalue weighted by atomic mass is 16.5. The summed E-state index contributed by atoms with van der Waals surface area (Å²) in [6.45, 7) is 4.33. The van der Waals surface area contributed by atoms with E-state index in [2.05, 4.69) is 0 Å². The van der Waals surface area contributed by atoms with Gasteiger partial charge in [-0.15, -0.1) is 0 Å². The second kappa shape index (κ2) is 9.72. The molecule has 86 valence electrons. The number of benzene rings is 1. The van der Waals surface area contributed by atoms with Crippen molar-refractivity contribution < 1.29 is 9.53 Å². The van der Waals surface area contributed by atoms with Gasteiger partial charge in [-0.25, -0.2) is 0 Å². The third-order valence-corrected chi connectivity index (χ3v) is 1.66. The summed E-state index contributed by atoms with van der Waals surface area (Å²) in [6.07, 6.45) is 1.39. The van der Waals surface area contributed by atoms with Crippen molar-refractivity contribution in [3.05, 3.63) is 35.9 Å². The maximum Gasteiger partial charge on any atom is 0.305 e. The first kappa shape index (κ1) is 14.2. The van der Waals surface area contributed by atoms with Crippen LogP contribution in [0.2, 0.25) is 0 Å². The van der Waals surface area contributed by atoms with Crippen LogP contribution >= 0.6 is 0 Å². The number of carbonyl (C=O) groups excluding carboxylic acids is 1. The van der Waals surface area contributed by atoms with Crippen molar-refractivity contribution in [1.29, 1.82) is 5.26 Å². The highest BCUT2D eigenvalue weighted by molar-refractivity contribution is 5.68. The molecule has 0 spiro atoms. The maximum absolute atomic E-state index is 10.3. The molecule has 0 aliphatic rings. The Hall–Kier alpha value is -1.82. The Bertz CT molecular complexity index is 328. The monoisotopic (exact) mass is 219 g/mol. The van der Waals surface area contributed by atoms with Gasteiger partial charge < -0.3 is 4.74 Å². The minimum absolute atomic E-state index is 0.105. The molecule has 0 aromatic heterocycles. The minimum Gasteiger partial charge on any atom is -0.466 e. The van der Waals surface area contributed by atoms with Crippen LogP contribution in [0.15, 0.2) is 30.3 Å². The van der Waals surface area contributed by atoms with Gasteiger partial charge in [-0.05, 0) is 18.6 Å². The fourth-order valence-electron chi connectivity index (χ4n) is 0.831. The van der Waals surface area contributed by atoms with E-state index in [-0.39, 0.29) is 5.97 Å². The van der Waals surface area contributed by atoms with E-state index >= 15 is 0 Å². The lowest BCUT2D eigenvalue weighted by molar-refractivity contribution is -0.143. The van der Waals surface area contributed by atoms with Crippen molar-refractivity contribution in [2.75, 3.05) is 6.61 Å². The Balaban J connectivity index is 0.000000281. The van der Waals surface area contributed by atoms with Crippen molar-refractivity contribution in [2.45, 2.75) is 26.7 Å². The number of hydrogen-bond donors (Lipinski definition) is 0. The van der Waals surface area contributed by atoms with Crippen LogP contribution in [-0.2, 0) is 9.53 Å². The van der Waals surface area contributed by atoms with E-state index < -0.39 is 0 Å². The molecule has 0 bridgehead atoms. The van der Waals surface area contributed by atoms with E-state index in [9.17, 15) is 4.79 Å². The van der Waals surface area contributed by atoms with Crippen molar-refractivity contribution in [3.8, 4) is 6.07 Å². The van der Waals surface area contributed by atoms with Crippen LogP contribution in [0, 0.1) is 11.3 Å². The lowest BCUT2D eigenvalue weighted by Gasteiger charge is -1.97. The quantitative estimate of drug-likeness (QED) is 0.734. The van der Waals surface area contributed by atoms with Gasteiger partial charge in [0.05, 0.1) is 18.2 Å². The topological polar surface area (TPSA) is 50.1 Å². The Labute approximate surface area is 96.7 Å². The molecule has 1 aromatic rings. The smallest absolute Gasteiger partial charge is 0.305 e. The summed E-state index contributed by atoms with van der Waals surface area (Å²) in [7, 11) is 0. The van der Waals surface area contributed by atoms with Gasteiger partial charge in [0.15, 0.2) is 0 Å². The van der Waals surface area contributed by atoms with Crippen LogP contribution in [0.1, 0.15) is 32.3 Å². The Morgan fingerprint density at radius 2 is 1.94 bits per heavy atom. The van der Waals surface area contributed by atoms with Gasteiger partial charge in [0, 0.05) is 6.42 Å². The lowest BCUT2D eigenvalue weighted by Crippen LogP contribution is -2.02. The molecule has 0 radical (unpaired) electrons. The van der Waals surface area contributed by atoms with Crippen LogP contribution in [0.3, 0.4) is 0 Å². The first-order valence-electron chi connectivity index (χ1n) is 5.35. The maximum atomic E-state index is 10.3. The summed E-state index contributed by atoms with van der Waals surface area (Å²) in [5.74, 6) is -0.105. The second-order valence-electron chi connectivity index (χ2n) is 3.05. The molecule has 0 amide bonds. The van der Waals surface area contributed by atoms with E-state index in [1.165, 1.54) is 0 Å². The molecular weight excluding hydrogens is 202 g/mol. The minimum atomic E-state index is -0.105. The van der Waals surface area contributed by atoms with E-state index in [0.717, 1.165) is 6.42 Å². The van der Waals surface area contributed by atoms with Gasteiger partial charge in [0.1, 0.15) is 0 Å². The zero-order chi connectivity index (χ0) is 12.2. The van der Waals surface area contributed by atoms with Crippen molar-refractivity contribution in [2.24, 2.45) is 0 Å². The Morgan fingerprint density at radius 1 is 1.31 bits per heavy atom. The number of nitriles is 1. The predicted octanol–water partition coefficient (Wildman–Crippen LogP) is 2.91. The number of rotatable bonds is 3. The summed E-state index contributed by atoms with van der Waals surface area (Å²) in [6, 6.07) is 11.2. The van der Waals surface area contributed by atoms with Crippen LogP contribution in [0.5, 0.6) is 0 Å². The summed E-state index contributed by atoms with van der Waals surface area (Å²) < 4.78 is 4.70. The number of esters is 1. The number of ether oxygens (including phenoxy) is 1. The van der Waals surface area contributed by atoms with Crippen molar-refractivity contribution >= 4 is 5.97 Å². The first-order chi connectivity index (χ1) is 7.74. The SMILES string of the molecule is CCCOC(=O)CC.N#Cc1ccccc1. The van der Waals surface area contributed by atoms with Gasteiger partial charge in [0.2, 0.25) is 0 Å². The molecule has 16 heavy (non-hydrogen) atoms. The van der Waals surface area contributed by atoms with E-state index in [1.54, 1.807) is 19.1 Å². The molecule has 0 N–H and O–H groups in total. The zero-order valence-corrected chi connectivity index (χ0v) is 9.77. The molecule has 1 rings (SSSR count). The summed E-state index contributed by atoms with van der Waals surface area (Å²) in [4.78, 5) is 10.3. The highest BCUT2D eigenvalue weighted by Crippen LogP contribution is 1.93. The number of hydrogen-bond acceptors (Lipinski definition) is 3. The van der Waals surface area contributed by atoms with Gasteiger partial charge in [-0.2, -0.15) is 5.26 Å². The lowest BCUT2D eigenvalue weighted by atomic mass is 10.2. The molecule has 3 heteroatoms. The number of nitrogens with zero attached hydrogens (tertiary/aromatic N) is 1. The van der Waals surface area contributed by atoms with E-state index in [0.29, 0.717) is 18.6 Å². The molecule has 1 aromatic carbocycles. The normalized spacial score (nSPS) is 8.31. The van der Waals surface area contributed by atoms with Crippen molar-refractivity contribution in [3.63, 3.8) is 0 Å². The predicted molar refractivity (Wildman–Crippen MR) is 62.7 cm³/mol. The highest BCUT2D eigenvalue weighted by Gasteiger charge is 1.93. The van der Waals surface area contributed by atoms with Crippen LogP contribution in [0.25, 0.3) is 0 Å². The van der Waals surface area contributed by atoms with Gasteiger partial charge in [0.25, 0.3) is 0 Å². The molecule has 3 nitrogen and oxygen atoms in total. The molecule has 0 saturated heterocycles. The van der Waals surface area contributed by atoms with E-state index in [4.69, 9.17) is 10.00 Å². The molecule has 0 aliphatic heterocycles. The number of carbonyl (C=O) groups is 1. The standard InChI is InChI=1S/C7H5N.C6H12O2/c8-6-7-4-2-1-3-5-7;1-3-5-8-6(7)4-2/h1-5H;3-5H2,1-2H3.